The molecule has 1 saturated heterocycles. The summed E-state index contributed by atoms with van der Waals surface area (Å²) in [5.41, 5.74) is 8.06. The molecule has 6 N–H and O–H groups in total. The maximum Gasteiger partial charge on any atom is 0.253 e. The molecular formula is C25H25ClN6O4S3. The van der Waals surface area contributed by atoms with Crippen LogP contribution >= 0.6 is 46.4 Å². The number of rotatable bonds is 5. The van der Waals surface area contributed by atoms with Crippen LogP contribution < -0.4 is 25.8 Å². The van der Waals surface area contributed by atoms with Crippen LogP contribution in [-0.2, 0) is 4.79 Å². The molecule has 2 aliphatic heterocycles. The van der Waals surface area contributed by atoms with Gasteiger partial charge in [-0.25, -0.2) is 4.98 Å². The molecule has 39 heavy (non-hydrogen) atoms. The summed E-state index contributed by atoms with van der Waals surface area (Å²) in [4.78, 5) is 28.9. The summed E-state index contributed by atoms with van der Waals surface area (Å²) in [5, 5.41) is 6.27. The number of hydrazine groups is 1. The number of carbonyl (C=O) groups is 2. The predicted octanol–water partition coefficient (Wildman–Crippen LogP) is 4.55. The Labute approximate surface area is 241 Å². The average molecular weight is 605 g/mol. The fourth-order valence-electron chi connectivity index (χ4n) is 4.40. The predicted molar refractivity (Wildman–Crippen MR) is 159 cm³/mol. The van der Waals surface area contributed by atoms with Gasteiger partial charge in [-0.15, -0.1) is 0 Å². The van der Waals surface area contributed by atoms with Gasteiger partial charge in [0, 0.05) is 30.1 Å². The van der Waals surface area contributed by atoms with Gasteiger partial charge in [0.2, 0.25) is 5.12 Å². The second-order valence-electron chi connectivity index (χ2n) is 8.81. The summed E-state index contributed by atoms with van der Waals surface area (Å²) in [7, 11) is -1.64. The van der Waals surface area contributed by atoms with Crippen LogP contribution in [0.4, 0.5) is 11.5 Å². The third-order valence-corrected chi connectivity index (χ3v) is 9.85. The van der Waals surface area contributed by atoms with E-state index in [9.17, 15) is 18.7 Å². The fraction of sp³-hybridized carbons (Fsp3) is 0.200. The number of carbonyl (C=O) groups excluding carboxylic acids is 2. The molecule has 14 heteroatoms. The third kappa shape index (κ3) is 5.51. The van der Waals surface area contributed by atoms with Gasteiger partial charge in [0.05, 0.1) is 33.3 Å². The lowest BCUT2D eigenvalue weighted by atomic mass is 9.97. The zero-order chi connectivity index (χ0) is 27.7. The first-order valence-corrected chi connectivity index (χ1v) is 15.1. The Hall–Kier alpha value is -3.07. The third-order valence-electron chi connectivity index (χ3n) is 6.41. The number of pyridine rings is 1. The van der Waals surface area contributed by atoms with E-state index in [1.54, 1.807) is 19.2 Å². The maximum absolute atomic E-state index is 12.5. The number of nitrogens with one attached hydrogen (secondary N) is 4. The number of para-hydroxylation sites is 1. The number of anilines is 2. The van der Waals surface area contributed by atoms with Crippen molar-refractivity contribution < 1.29 is 18.7 Å². The molecule has 204 valence electrons. The Bertz CT molecular complexity index is 1460. The SMILES string of the molecule is CN1c2ccccc2C(NC(=S)NNc2ncc(C(=O)N[C@@H]3CCSC3=O)cc2Cl)c2ccccc2S1(O)O. The number of thioether (sulfide) groups is 1. The highest BCUT2D eigenvalue weighted by atomic mass is 35.5. The Morgan fingerprint density at radius 1 is 1.15 bits per heavy atom. The number of amides is 1. The van der Waals surface area contributed by atoms with E-state index in [2.05, 4.69) is 26.5 Å². The van der Waals surface area contributed by atoms with Crippen LogP contribution in [0.5, 0.6) is 0 Å². The van der Waals surface area contributed by atoms with Gasteiger partial charge in [-0.2, -0.15) is 0 Å². The minimum atomic E-state index is -3.29. The first-order chi connectivity index (χ1) is 18.7. The zero-order valence-corrected chi connectivity index (χ0v) is 23.8. The smallest absolute Gasteiger partial charge is 0.253 e. The lowest BCUT2D eigenvalue weighted by Crippen LogP contribution is -2.41. The Morgan fingerprint density at radius 3 is 2.59 bits per heavy atom. The molecule has 2 atom stereocenters. The summed E-state index contributed by atoms with van der Waals surface area (Å²) in [6.07, 6.45) is 1.95. The van der Waals surface area contributed by atoms with E-state index in [0.29, 0.717) is 28.3 Å². The van der Waals surface area contributed by atoms with Crippen molar-refractivity contribution >= 4 is 74.0 Å². The lowest BCUT2D eigenvalue weighted by Gasteiger charge is -2.41. The largest absolute Gasteiger partial charge is 0.350 e. The van der Waals surface area contributed by atoms with Crippen LogP contribution in [0.3, 0.4) is 0 Å². The quantitative estimate of drug-likeness (QED) is 0.181. The maximum atomic E-state index is 12.5. The van der Waals surface area contributed by atoms with Crippen LogP contribution in [0.25, 0.3) is 0 Å². The highest BCUT2D eigenvalue weighted by Gasteiger charge is 2.35. The number of aromatic nitrogens is 1. The summed E-state index contributed by atoms with van der Waals surface area (Å²) < 4.78 is 23.7. The van der Waals surface area contributed by atoms with Gasteiger partial charge < -0.3 is 10.6 Å². The topological polar surface area (TPSA) is 139 Å². The van der Waals surface area contributed by atoms with Gasteiger partial charge in [0.15, 0.2) is 10.9 Å². The van der Waals surface area contributed by atoms with Crippen molar-refractivity contribution in [3.8, 4) is 0 Å². The fourth-order valence-corrected chi connectivity index (χ4v) is 7.21. The van der Waals surface area contributed by atoms with Gasteiger partial charge in [0.1, 0.15) is 0 Å². The zero-order valence-electron chi connectivity index (χ0n) is 20.6. The van der Waals surface area contributed by atoms with E-state index >= 15 is 0 Å². The van der Waals surface area contributed by atoms with Gasteiger partial charge in [0.25, 0.3) is 5.91 Å². The highest BCUT2D eigenvalue weighted by molar-refractivity contribution is 8.25. The van der Waals surface area contributed by atoms with Gasteiger partial charge in [-0.05, 0) is 36.8 Å². The van der Waals surface area contributed by atoms with Crippen LogP contribution in [0.2, 0.25) is 5.02 Å². The molecule has 2 aliphatic rings. The number of nitrogens with zero attached hydrogens (tertiary/aromatic N) is 2. The molecule has 0 saturated carbocycles. The first-order valence-electron chi connectivity index (χ1n) is 11.8. The van der Waals surface area contributed by atoms with Crippen molar-refractivity contribution in [2.75, 3.05) is 22.5 Å². The summed E-state index contributed by atoms with van der Waals surface area (Å²) in [5.74, 6) is 0.492. The normalized spacial score (nSPS) is 20.2. The standard InChI is InChI=1S/C25H25ClN6O4S3/c1-32-19-8-4-2-6-15(19)21(16-7-3-5-9-20(16)39(32,35)36)29-25(37)31-30-22-17(26)12-14(13-27-22)23(33)28-18-10-11-38-24(18)34/h2-9,12-13,18,21,35-36H,10-11H2,1H3,(H,27,30)(H,28,33)(H2,29,31,37)/t18-,21?/m1/s1. The first kappa shape index (κ1) is 27.5. The molecule has 3 aromatic rings. The average Bonchev–Trinajstić information content (AvgIpc) is 3.31. The number of benzene rings is 2. The van der Waals surface area contributed by atoms with E-state index in [1.807, 2.05) is 36.4 Å². The molecule has 0 radical (unpaired) electrons. The van der Waals surface area contributed by atoms with Crippen molar-refractivity contribution in [2.45, 2.75) is 23.4 Å². The van der Waals surface area contributed by atoms with Crippen molar-refractivity contribution in [3.05, 3.63) is 82.5 Å². The monoisotopic (exact) mass is 604 g/mol. The van der Waals surface area contributed by atoms with Crippen molar-refractivity contribution in [1.29, 1.82) is 0 Å². The van der Waals surface area contributed by atoms with E-state index < -0.39 is 28.8 Å². The minimum Gasteiger partial charge on any atom is -0.350 e. The lowest BCUT2D eigenvalue weighted by molar-refractivity contribution is -0.112. The highest BCUT2D eigenvalue weighted by Crippen LogP contribution is 2.58. The van der Waals surface area contributed by atoms with E-state index in [-0.39, 0.29) is 26.6 Å². The number of thiocarbonyl (C=S) groups is 1. The van der Waals surface area contributed by atoms with Crippen LogP contribution in [0.1, 0.15) is 33.9 Å². The van der Waals surface area contributed by atoms with Crippen LogP contribution in [0.15, 0.2) is 65.7 Å². The summed E-state index contributed by atoms with van der Waals surface area (Å²) in [6, 6.07) is 15.0. The van der Waals surface area contributed by atoms with E-state index in [1.165, 1.54) is 28.3 Å². The number of hydrogen-bond donors (Lipinski definition) is 6. The molecular weight excluding hydrogens is 580 g/mol. The molecule has 5 rings (SSSR count). The second-order valence-corrected chi connectivity index (χ2v) is 12.7. The molecule has 1 aromatic heterocycles. The van der Waals surface area contributed by atoms with Gasteiger partial charge in [-0.3, -0.25) is 33.9 Å². The molecule has 10 nitrogen and oxygen atoms in total. The van der Waals surface area contributed by atoms with Crippen molar-refractivity contribution in [3.63, 3.8) is 0 Å². The molecule has 0 spiro atoms. The molecule has 1 amide bonds. The van der Waals surface area contributed by atoms with Crippen LogP contribution in [-0.4, -0.2) is 49.1 Å². The molecule has 1 fully saturated rings. The van der Waals surface area contributed by atoms with Crippen molar-refractivity contribution in [1.82, 2.24) is 21.0 Å². The molecule has 2 aromatic carbocycles. The van der Waals surface area contributed by atoms with E-state index in [0.717, 1.165) is 5.56 Å². The summed E-state index contributed by atoms with van der Waals surface area (Å²) >= 11 is 13.1. The Kier molecular flexibility index (Phi) is 7.89. The Morgan fingerprint density at radius 2 is 1.87 bits per heavy atom. The van der Waals surface area contributed by atoms with Crippen LogP contribution in [0, 0.1) is 0 Å². The van der Waals surface area contributed by atoms with Crippen molar-refractivity contribution in [2.24, 2.45) is 0 Å². The molecule has 3 heterocycles. The number of hydrogen-bond acceptors (Lipinski definition) is 9. The Balaban J connectivity index is 1.31. The minimum absolute atomic E-state index is 0.0541. The van der Waals surface area contributed by atoms with Gasteiger partial charge >= 0.3 is 0 Å². The second kappa shape index (κ2) is 11.2. The number of halogens is 1. The van der Waals surface area contributed by atoms with E-state index in [4.69, 9.17) is 23.8 Å². The molecule has 1 unspecified atom stereocenters. The number of fused-ring (bicyclic) bond motifs is 2. The molecule has 0 bridgehead atoms. The van der Waals surface area contributed by atoms with Gasteiger partial charge in [-0.1, -0.05) is 70.5 Å². The molecule has 0 aliphatic carbocycles. The summed E-state index contributed by atoms with van der Waals surface area (Å²) in [6.45, 7) is 0.